The van der Waals surface area contributed by atoms with Gasteiger partial charge in [0.25, 0.3) is 5.91 Å². The first-order valence-corrected chi connectivity index (χ1v) is 7.00. The van der Waals surface area contributed by atoms with E-state index in [1.165, 1.54) is 0 Å². The maximum atomic E-state index is 12.0. The fraction of sp³-hybridized carbons (Fsp3) is 0.583. The molecule has 7 heteroatoms. The molecule has 0 saturated heterocycles. The van der Waals surface area contributed by atoms with Gasteiger partial charge in [0.15, 0.2) is 0 Å². The van der Waals surface area contributed by atoms with Crippen molar-refractivity contribution in [1.82, 2.24) is 15.2 Å². The van der Waals surface area contributed by atoms with Crippen LogP contribution in [0.1, 0.15) is 33.6 Å². The number of nitrogens with one attached hydrogen (secondary N) is 1. The Labute approximate surface area is 116 Å². The van der Waals surface area contributed by atoms with E-state index in [0.29, 0.717) is 18.8 Å². The van der Waals surface area contributed by atoms with Crippen molar-refractivity contribution in [3.8, 4) is 0 Å². The van der Waals surface area contributed by atoms with Crippen LogP contribution < -0.4 is 5.32 Å². The van der Waals surface area contributed by atoms with E-state index in [1.807, 2.05) is 7.05 Å². The largest absolute Gasteiger partial charge is 0.461 e. The van der Waals surface area contributed by atoms with E-state index >= 15 is 0 Å². The van der Waals surface area contributed by atoms with Crippen LogP contribution in [0.2, 0.25) is 0 Å². The van der Waals surface area contributed by atoms with Gasteiger partial charge in [-0.05, 0) is 26.9 Å². The van der Waals surface area contributed by atoms with Gasteiger partial charge in [0.1, 0.15) is 5.69 Å². The third kappa shape index (κ3) is 4.60. The zero-order chi connectivity index (χ0) is 14.3. The van der Waals surface area contributed by atoms with Gasteiger partial charge in [-0.1, -0.05) is 0 Å². The summed E-state index contributed by atoms with van der Waals surface area (Å²) in [5, 5.41) is 4.83. The van der Waals surface area contributed by atoms with Crippen molar-refractivity contribution in [2.45, 2.75) is 13.3 Å². The zero-order valence-corrected chi connectivity index (χ0v) is 12.2. The Kier molecular flexibility index (Phi) is 6.44. The third-order valence-electron chi connectivity index (χ3n) is 2.44. The molecule has 0 aromatic carbocycles. The lowest BCUT2D eigenvalue weighted by atomic mass is 10.3. The Hall–Kier alpha value is -1.47. The Bertz CT molecular complexity index is 434. The standard InChI is InChI=1S/C12H19N3O3S/c1-4-18-12(17)10-14-9(8-19-10)11(16)15(3)7-5-6-13-2/h8,13H,4-7H2,1-3H3. The van der Waals surface area contributed by atoms with E-state index in [0.717, 1.165) is 24.3 Å². The number of carbonyl (C=O) groups excluding carboxylic acids is 2. The second-order valence-electron chi connectivity index (χ2n) is 3.94. The number of hydrogen-bond acceptors (Lipinski definition) is 6. The van der Waals surface area contributed by atoms with Crippen molar-refractivity contribution in [3.63, 3.8) is 0 Å². The molecule has 0 radical (unpaired) electrons. The van der Waals surface area contributed by atoms with Crippen LogP contribution in [0, 0.1) is 0 Å². The molecular weight excluding hydrogens is 266 g/mol. The van der Waals surface area contributed by atoms with Gasteiger partial charge in [0, 0.05) is 19.0 Å². The summed E-state index contributed by atoms with van der Waals surface area (Å²) >= 11 is 1.13. The highest BCUT2D eigenvalue weighted by Gasteiger charge is 2.18. The third-order valence-corrected chi connectivity index (χ3v) is 3.26. The number of amides is 1. The molecule has 0 saturated carbocycles. The van der Waals surface area contributed by atoms with Gasteiger partial charge in [-0.15, -0.1) is 11.3 Å². The number of aromatic nitrogens is 1. The minimum Gasteiger partial charge on any atom is -0.461 e. The van der Waals surface area contributed by atoms with E-state index in [2.05, 4.69) is 10.3 Å². The molecule has 1 aromatic rings. The maximum Gasteiger partial charge on any atom is 0.367 e. The molecule has 1 amide bonds. The molecule has 0 aliphatic rings. The van der Waals surface area contributed by atoms with E-state index in [-0.39, 0.29) is 10.9 Å². The van der Waals surface area contributed by atoms with E-state index in [9.17, 15) is 9.59 Å². The van der Waals surface area contributed by atoms with Gasteiger partial charge in [-0.2, -0.15) is 0 Å². The summed E-state index contributed by atoms with van der Waals surface area (Å²) in [6, 6.07) is 0. The normalized spacial score (nSPS) is 10.3. The molecule has 0 fully saturated rings. The van der Waals surface area contributed by atoms with Crippen LogP contribution in [0.3, 0.4) is 0 Å². The van der Waals surface area contributed by atoms with Crippen LogP contribution in [0.25, 0.3) is 0 Å². The molecule has 0 aliphatic carbocycles. The highest BCUT2D eigenvalue weighted by Crippen LogP contribution is 2.12. The average Bonchev–Trinajstić information content (AvgIpc) is 2.88. The van der Waals surface area contributed by atoms with Gasteiger partial charge in [0.2, 0.25) is 5.01 Å². The topological polar surface area (TPSA) is 71.5 Å². The highest BCUT2D eigenvalue weighted by atomic mass is 32.1. The Morgan fingerprint density at radius 1 is 1.53 bits per heavy atom. The summed E-state index contributed by atoms with van der Waals surface area (Å²) in [5.74, 6) is -0.660. The van der Waals surface area contributed by atoms with Gasteiger partial charge in [-0.3, -0.25) is 4.79 Å². The smallest absolute Gasteiger partial charge is 0.367 e. The average molecular weight is 285 g/mol. The number of nitrogens with zero attached hydrogens (tertiary/aromatic N) is 2. The maximum absolute atomic E-state index is 12.0. The van der Waals surface area contributed by atoms with Gasteiger partial charge < -0.3 is 15.0 Å². The van der Waals surface area contributed by atoms with Crippen LogP contribution in [-0.2, 0) is 4.74 Å². The molecular formula is C12H19N3O3S. The molecule has 0 atom stereocenters. The first-order valence-electron chi connectivity index (χ1n) is 6.12. The number of esters is 1. The molecule has 1 heterocycles. The molecule has 106 valence electrons. The van der Waals surface area contributed by atoms with Crippen LogP contribution >= 0.6 is 11.3 Å². The second-order valence-corrected chi connectivity index (χ2v) is 4.80. The number of carbonyl (C=O) groups is 2. The first kappa shape index (κ1) is 15.6. The van der Waals surface area contributed by atoms with Crippen LogP contribution in [0.4, 0.5) is 0 Å². The number of ether oxygens (including phenoxy) is 1. The SMILES string of the molecule is CCOC(=O)c1nc(C(=O)N(C)CCCNC)cs1. The van der Waals surface area contributed by atoms with Crippen molar-refractivity contribution in [2.24, 2.45) is 0 Å². The van der Waals surface area contributed by atoms with Crippen LogP contribution in [0.5, 0.6) is 0 Å². The predicted molar refractivity (Wildman–Crippen MR) is 73.6 cm³/mol. The Morgan fingerprint density at radius 2 is 2.26 bits per heavy atom. The summed E-state index contributed by atoms with van der Waals surface area (Å²) in [5.41, 5.74) is 0.292. The van der Waals surface area contributed by atoms with Crippen LogP contribution in [-0.4, -0.2) is 55.6 Å². The fourth-order valence-electron chi connectivity index (χ4n) is 1.45. The fourth-order valence-corrected chi connectivity index (χ4v) is 2.13. The minimum absolute atomic E-state index is 0.178. The van der Waals surface area contributed by atoms with Crippen molar-refractivity contribution in [1.29, 1.82) is 0 Å². The Balaban J connectivity index is 2.60. The lowest BCUT2D eigenvalue weighted by molar-refractivity contribution is 0.0526. The van der Waals surface area contributed by atoms with E-state index < -0.39 is 5.97 Å². The van der Waals surface area contributed by atoms with Crippen molar-refractivity contribution in [2.75, 3.05) is 33.8 Å². The quantitative estimate of drug-likeness (QED) is 0.598. The van der Waals surface area contributed by atoms with E-state index in [1.54, 1.807) is 24.3 Å². The molecule has 1 aromatic heterocycles. The van der Waals surface area contributed by atoms with Crippen molar-refractivity contribution < 1.29 is 14.3 Å². The summed E-state index contributed by atoms with van der Waals surface area (Å²) in [4.78, 5) is 29.1. The number of thiazole rings is 1. The zero-order valence-electron chi connectivity index (χ0n) is 11.4. The summed E-state index contributed by atoms with van der Waals surface area (Å²) in [6.45, 7) is 3.52. The second kappa shape index (κ2) is 7.85. The van der Waals surface area contributed by atoms with Gasteiger partial charge in [-0.25, -0.2) is 9.78 Å². The molecule has 0 aliphatic heterocycles. The van der Waals surface area contributed by atoms with Crippen molar-refractivity contribution in [3.05, 3.63) is 16.1 Å². The summed E-state index contributed by atoms with van der Waals surface area (Å²) in [6.07, 6.45) is 0.869. The van der Waals surface area contributed by atoms with Gasteiger partial charge in [0.05, 0.1) is 6.61 Å². The molecule has 0 spiro atoms. The minimum atomic E-state index is -0.482. The molecule has 6 nitrogen and oxygen atoms in total. The van der Waals surface area contributed by atoms with Gasteiger partial charge >= 0.3 is 5.97 Å². The molecule has 19 heavy (non-hydrogen) atoms. The monoisotopic (exact) mass is 285 g/mol. The highest BCUT2D eigenvalue weighted by molar-refractivity contribution is 7.11. The Morgan fingerprint density at radius 3 is 2.89 bits per heavy atom. The first-order chi connectivity index (χ1) is 9.10. The van der Waals surface area contributed by atoms with Crippen LogP contribution in [0.15, 0.2) is 5.38 Å². The predicted octanol–water partition coefficient (Wildman–Crippen LogP) is 1.00. The lowest BCUT2D eigenvalue weighted by Gasteiger charge is -2.15. The number of rotatable bonds is 7. The molecule has 0 unspecified atom stereocenters. The van der Waals surface area contributed by atoms with E-state index in [4.69, 9.17) is 4.74 Å². The molecule has 0 bridgehead atoms. The number of hydrogen-bond donors (Lipinski definition) is 1. The lowest BCUT2D eigenvalue weighted by Crippen LogP contribution is -2.29. The molecule has 1 rings (SSSR count). The summed E-state index contributed by atoms with van der Waals surface area (Å²) in [7, 11) is 3.59. The summed E-state index contributed by atoms with van der Waals surface area (Å²) < 4.78 is 4.84. The molecule has 1 N–H and O–H groups in total. The van der Waals surface area contributed by atoms with Crippen molar-refractivity contribution >= 4 is 23.2 Å².